The van der Waals surface area contributed by atoms with E-state index in [1.165, 1.54) is 0 Å². The summed E-state index contributed by atoms with van der Waals surface area (Å²) in [4.78, 5) is 8.82. The summed E-state index contributed by atoms with van der Waals surface area (Å²) in [6.07, 6.45) is 5.33. The highest BCUT2D eigenvalue weighted by Crippen LogP contribution is 2.26. The Morgan fingerprint density at radius 3 is 2.91 bits per heavy atom. The van der Waals surface area contributed by atoms with Crippen molar-refractivity contribution in [2.45, 2.75) is 19.8 Å². The van der Waals surface area contributed by atoms with Gasteiger partial charge in [0.2, 0.25) is 0 Å². The maximum Gasteiger partial charge on any atom is 0.142 e. The predicted molar refractivity (Wildman–Crippen MR) is 94.8 cm³/mol. The standard InChI is InChI=1S/C18H19N3OS/c1-2-8-22-17-6-5-13(9-15(17)19)10-18-21-16(12-23-18)14-4-3-7-20-11-14/h3-7,9,11-12H,2,8,10,19H2,1H3. The topological polar surface area (TPSA) is 61.0 Å². The lowest BCUT2D eigenvalue weighted by molar-refractivity contribution is 0.319. The highest BCUT2D eigenvalue weighted by Gasteiger charge is 2.07. The summed E-state index contributed by atoms with van der Waals surface area (Å²) in [6, 6.07) is 9.90. The van der Waals surface area contributed by atoms with Gasteiger partial charge in [-0.1, -0.05) is 13.0 Å². The minimum absolute atomic E-state index is 0.681. The Bertz CT molecular complexity index is 771. The number of anilines is 1. The third kappa shape index (κ3) is 3.87. The van der Waals surface area contributed by atoms with Crippen molar-refractivity contribution in [1.82, 2.24) is 9.97 Å². The molecule has 0 saturated heterocycles. The third-order valence-electron chi connectivity index (χ3n) is 3.40. The second-order valence-electron chi connectivity index (χ2n) is 5.27. The molecule has 0 unspecified atom stereocenters. The number of hydrogen-bond acceptors (Lipinski definition) is 5. The zero-order valence-electron chi connectivity index (χ0n) is 13.0. The van der Waals surface area contributed by atoms with Gasteiger partial charge in [0, 0.05) is 29.8 Å². The van der Waals surface area contributed by atoms with Crippen LogP contribution in [0.1, 0.15) is 23.9 Å². The van der Waals surface area contributed by atoms with Crippen molar-refractivity contribution in [3.63, 3.8) is 0 Å². The largest absolute Gasteiger partial charge is 0.491 e. The van der Waals surface area contributed by atoms with Gasteiger partial charge in [-0.15, -0.1) is 11.3 Å². The Labute approximate surface area is 140 Å². The number of aromatic nitrogens is 2. The van der Waals surface area contributed by atoms with Crippen LogP contribution in [0.2, 0.25) is 0 Å². The van der Waals surface area contributed by atoms with Gasteiger partial charge in [0.25, 0.3) is 0 Å². The molecule has 23 heavy (non-hydrogen) atoms. The Kier molecular flexibility index (Phi) is 4.88. The molecule has 0 spiro atoms. The smallest absolute Gasteiger partial charge is 0.142 e. The highest BCUT2D eigenvalue weighted by atomic mass is 32.1. The summed E-state index contributed by atoms with van der Waals surface area (Å²) in [7, 11) is 0. The van der Waals surface area contributed by atoms with Crippen molar-refractivity contribution in [2.75, 3.05) is 12.3 Å². The van der Waals surface area contributed by atoms with Crippen LogP contribution in [-0.2, 0) is 6.42 Å². The fraction of sp³-hybridized carbons (Fsp3) is 0.222. The predicted octanol–water partition coefficient (Wildman–Crippen LogP) is 4.17. The molecule has 0 bridgehead atoms. The fourth-order valence-electron chi connectivity index (χ4n) is 2.26. The van der Waals surface area contributed by atoms with Crippen molar-refractivity contribution >= 4 is 17.0 Å². The second-order valence-corrected chi connectivity index (χ2v) is 6.21. The van der Waals surface area contributed by atoms with E-state index in [1.807, 2.05) is 36.5 Å². The van der Waals surface area contributed by atoms with Crippen LogP contribution in [0.5, 0.6) is 5.75 Å². The van der Waals surface area contributed by atoms with Gasteiger partial charge in [0.15, 0.2) is 0 Å². The molecule has 0 aliphatic carbocycles. The summed E-state index contributed by atoms with van der Waals surface area (Å²) in [5.74, 6) is 0.755. The van der Waals surface area contributed by atoms with Gasteiger partial charge in [-0.3, -0.25) is 4.98 Å². The molecule has 0 amide bonds. The lowest BCUT2D eigenvalue weighted by Gasteiger charge is -2.09. The number of nitrogens with two attached hydrogens (primary N) is 1. The molecule has 3 rings (SSSR count). The van der Waals surface area contributed by atoms with E-state index in [2.05, 4.69) is 22.3 Å². The van der Waals surface area contributed by atoms with E-state index in [9.17, 15) is 0 Å². The van der Waals surface area contributed by atoms with Crippen molar-refractivity contribution in [3.8, 4) is 17.0 Å². The van der Waals surface area contributed by atoms with E-state index in [-0.39, 0.29) is 0 Å². The molecule has 118 valence electrons. The molecule has 2 N–H and O–H groups in total. The molecule has 0 aliphatic heterocycles. The van der Waals surface area contributed by atoms with Gasteiger partial charge in [0.05, 0.1) is 23.0 Å². The van der Waals surface area contributed by atoms with Crippen LogP contribution in [0.15, 0.2) is 48.1 Å². The normalized spacial score (nSPS) is 10.7. The first-order chi connectivity index (χ1) is 11.3. The zero-order chi connectivity index (χ0) is 16.1. The summed E-state index contributed by atoms with van der Waals surface area (Å²) in [5.41, 5.74) is 9.89. The van der Waals surface area contributed by atoms with Gasteiger partial charge in [-0.05, 0) is 36.2 Å². The zero-order valence-corrected chi connectivity index (χ0v) is 13.8. The Morgan fingerprint density at radius 1 is 1.26 bits per heavy atom. The van der Waals surface area contributed by atoms with E-state index in [1.54, 1.807) is 17.5 Å². The van der Waals surface area contributed by atoms with Crippen LogP contribution in [-0.4, -0.2) is 16.6 Å². The number of ether oxygens (including phenoxy) is 1. The van der Waals surface area contributed by atoms with Crippen molar-refractivity contribution in [3.05, 3.63) is 58.7 Å². The van der Waals surface area contributed by atoms with E-state index >= 15 is 0 Å². The van der Waals surface area contributed by atoms with Crippen LogP contribution in [0.3, 0.4) is 0 Å². The molecular formula is C18H19N3OS. The number of thiazole rings is 1. The van der Waals surface area contributed by atoms with E-state index in [4.69, 9.17) is 10.5 Å². The van der Waals surface area contributed by atoms with Gasteiger partial charge >= 0.3 is 0 Å². The Morgan fingerprint density at radius 2 is 2.17 bits per heavy atom. The van der Waals surface area contributed by atoms with Gasteiger partial charge < -0.3 is 10.5 Å². The van der Waals surface area contributed by atoms with Gasteiger partial charge in [-0.2, -0.15) is 0 Å². The third-order valence-corrected chi connectivity index (χ3v) is 4.25. The minimum atomic E-state index is 0.681. The molecule has 3 aromatic rings. The number of nitrogens with zero attached hydrogens (tertiary/aromatic N) is 2. The molecule has 0 saturated carbocycles. The maximum absolute atomic E-state index is 6.06. The quantitative estimate of drug-likeness (QED) is 0.691. The SMILES string of the molecule is CCCOc1ccc(Cc2nc(-c3cccnc3)cs2)cc1N. The van der Waals surface area contributed by atoms with E-state index in [0.717, 1.165) is 40.4 Å². The Hall–Kier alpha value is -2.40. The fourth-order valence-corrected chi connectivity index (χ4v) is 3.10. The Balaban J connectivity index is 1.73. The lowest BCUT2D eigenvalue weighted by atomic mass is 10.1. The number of rotatable bonds is 6. The maximum atomic E-state index is 6.06. The van der Waals surface area contributed by atoms with Crippen LogP contribution in [0.4, 0.5) is 5.69 Å². The first kappa shape index (κ1) is 15.5. The van der Waals surface area contributed by atoms with Crippen LogP contribution in [0, 0.1) is 0 Å². The van der Waals surface area contributed by atoms with E-state index < -0.39 is 0 Å². The van der Waals surface area contributed by atoms with Crippen LogP contribution >= 0.6 is 11.3 Å². The van der Waals surface area contributed by atoms with Crippen LogP contribution in [0.25, 0.3) is 11.3 Å². The molecule has 1 aromatic carbocycles. The average Bonchev–Trinajstić information content (AvgIpc) is 3.03. The highest BCUT2D eigenvalue weighted by molar-refractivity contribution is 7.10. The monoisotopic (exact) mass is 325 g/mol. The second kappa shape index (κ2) is 7.24. The average molecular weight is 325 g/mol. The first-order valence-corrected chi connectivity index (χ1v) is 8.50. The number of benzene rings is 1. The molecular weight excluding hydrogens is 306 g/mol. The molecule has 2 aromatic heterocycles. The lowest BCUT2D eigenvalue weighted by Crippen LogP contribution is -2.00. The van der Waals surface area contributed by atoms with Crippen molar-refractivity contribution < 1.29 is 4.74 Å². The molecule has 2 heterocycles. The van der Waals surface area contributed by atoms with Crippen molar-refractivity contribution in [1.29, 1.82) is 0 Å². The molecule has 5 heteroatoms. The molecule has 0 aliphatic rings. The molecule has 0 radical (unpaired) electrons. The van der Waals surface area contributed by atoms with Gasteiger partial charge in [0.1, 0.15) is 5.75 Å². The summed E-state index contributed by atoms with van der Waals surface area (Å²) in [6.45, 7) is 2.76. The number of hydrogen-bond donors (Lipinski definition) is 1. The molecule has 0 fully saturated rings. The molecule has 4 nitrogen and oxygen atoms in total. The summed E-state index contributed by atoms with van der Waals surface area (Å²) < 4.78 is 5.61. The summed E-state index contributed by atoms with van der Waals surface area (Å²) >= 11 is 1.65. The van der Waals surface area contributed by atoms with E-state index in [0.29, 0.717) is 12.3 Å². The minimum Gasteiger partial charge on any atom is -0.491 e. The first-order valence-electron chi connectivity index (χ1n) is 7.62. The van der Waals surface area contributed by atoms with Crippen LogP contribution < -0.4 is 10.5 Å². The molecule has 0 atom stereocenters. The van der Waals surface area contributed by atoms with Crippen molar-refractivity contribution in [2.24, 2.45) is 0 Å². The number of pyridine rings is 1. The van der Waals surface area contributed by atoms with Gasteiger partial charge in [-0.25, -0.2) is 4.98 Å². The number of nitrogen functional groups attached to an aromatic ring is 1. The summed E-state index contributed by atoms with van der Waals surface area (Å²) in [5, 5.41) is 3.12.